The van der Waals surface area contributed by atoms with E-state index in [1.165, 1.54) is 5.56 Å². The fourth-order valence-corrected chi connectivity index (χ4v) is 4.34. The van der Waals surface area contributed by atoms with Gasteiger partial charge in [0.05, 0.1) is 5.92 Å². The number of carbonyl (C=O) groups is 1. The zero-order chi connectivity index (χ0) is 22.7. The number of rotatable bonds is 5. The minimum Gasteiger partial charge on any atom is -0.457 e. The second kappa shape index (κ2) is 9.17. The molecule has 3 aromatic carbocycles. The van der Waals surface area contributed by atoms with Gasteiger partial charge >= 0.3 is 0 Å². The van der Waals surface area contributed by atoms with Crippen LogP contribution in [0.15, 0.2) is 78.9 Å². The third kappa shape index (κ3) is 5.20. The predicted molar refractivity (Wildman–Crippen MR) is 130 cm³/mol. The second-order valence-electron chi connectivity index (χ2n) is 9.64. The molecule has 1 aliphatic rings. The molecule has 0 unspecified atom stereocenters. The van der Waals surface area contributed by atoms with Crippen molar-refractivity contribution in [3.05, 3.63) is 90.0 Å². The zero-order valence-corrected chi connectivity index (χ0v) is 19.3. The van der Waals surface area contributed by atoms with Crippen molar-refractivity contribution in [1.29, 1.82) is 0 Å². The molecule has 1 fully saturated rings. The third-order valence-electron chi connectivity index (χ3n) is 6.16. The normalized spacial score (nSPS) is 19.0. The quantitative estimate of drug-likeness (QED) is 0.523. The van der Waals surface area contributed by atoms with Gasteiger partial charge in [0.15, 0.2) is 0 Å². The van der Waals surface area contributed by atoms with Gasteiger partial charge in [0.1, 0.15) is 11.5 Å². The van der Waals surface area contributed by atoms with Gasteiger partial charge in [-0.05, 0) is 63.1 Å². The summed E-state index contributed by atoms with van der Waals surface area (Å²) in [6, 6.07) is 25.9. The van der Waals surface area contributed by atoms with Crippen LogP contribution < -0.4 is 10.1 Å². The van der Waals surface area contributed by atoms with Gasteiger partial charge in [0.25, 0.3) is 0 Å². The summed E-state index contributed by atoms with van der Waals surface area (Å²) in [4.78, 5) is 15.8. The lowest BCUT2D eigenvalue weighted by Crippen LogP contribution is -2.40. The van der Waals surface area contributed by atoms with Gasteiger partial charge in [-0.3, -0.25) is 9.69 Å². The van der Waals surface area contributed by atoms with Crippen LogP contribution in [0, 0.1) is 12.8 Å². The van der Waals surface area contributed by atoms with Crippen molar-refractivity contribution >= 4 is 11.6 Å². The van der Waals surface area contributed by atoms with E-state index < -0.39 is 0 Å². The lowest BCUT2D eigenvalue weighted by atomic mass is 9.88. The van der Waals surface area contributed by atoms with Crippen molar-refractivity contribution in [1.82, 2.24) is 4.90 Å². The molecule has 0 spiro atoms. The first-order valence-corrected chi connectivity index (χ1v) is 11.2. The maximum Gasteiger partial charge on any atom is 0.229 e. The molecule has 3 aromatic rings. The van der Waals surface area contributed by atoms with Crippen molar-refractivity contribution in [2.24, 2.45) is 5.92 Å². The molecule has 0 aliphatic carbocycles. The lowest BCUT2D eigenvalue weighted by Gasteiger charge is -2.31. The van der Waals surface area contributed by atoms with E-state index in [0.717, 1.165) is 30.1 Å². The summed E-state index contributed by atoms with van der Waals surface area (Å²) < 4.78 is 6.00. The molecule has 0 aromatic heterocycles. The standard InChI is InChI=1S/C28H32N2O2/c1-20-10-8-14-23(16-20)32-24-15-9-13-22(17-24)29-27(31)26-19-30(28(2,3)4)18-25(26)21-11-6-5-7-12-21/h5-17,25-26H,18-19H2,1-4H3,(H,29,31)/t25-,26+/m0/s1. The van der Waals surface area contributed by atoms with Crippen LogP contribution in [0.5, 0.6) is 11.5 Å². The first-order valence-electron chi connectivity index (χ1n) is 11.2. The average Bonchev–Trinajstić information content (AvgIpc) is 3.21. The molecule has 4 nitrogen and oxygen atoms in total. The summed E-state index contributed by atoms with van der Waals surface area (Å²) in [6.07, 6.45) is 0. The fourth-order valence-electron chi connectivity index (χ4n) is 4.34. The highest BCUT2D eigenvalue weighted by atomic mass is 16.5. The van der Waals surface area contributed by atoms with Gasteiger partial charge < -0.3 is 10.1 Å². The number of benzene rings is 3. The van der Waals surface area contributed by atoms with Crippen LogP contribution in [0.2, 0.25) is 0 Å². The molecular formula is C28H32N2O2. The molecule has 1 N–H and O–H groups in total. The van der Waals surface area contributed by atoms with E-state index in [1.807, 2.05) is 61.5 Å². The van der Waals surface area contributed by atoms with Crippen LogP contribution in [-0.4, -0.2) is 29.4 Å². The Hall–Kier alpha value is -3.11. The van der Waals surface area contributed by atoms with Gasteiger partial charge in [-0.25, -0.2) is 0 Å². The summed E-state index contributed by atoms with van der Waals surface area (Å²) in [5.74, 6) is 1.60. The maximum absolute atomic E-state index is 13.4. The van der Waals surface area contributed by atoms with Gasteiger partial charge in [-0.1, -0.05) is 48.5 Å². The number of hydrogen-bond acceptors (Lipinski definition) is 3. The summed E-state index contributed by atoms with van der Waals surface area (Å²) >= 11 is 0. The fraction of sp³-hybridized carbons (Fsp3) is 0.321. The molecule has 166 valence electrons. The smallest absolute Gasteiger partial charge is 0.229 e. The minimum atomic E-state index is -0.113. The molecule has 4 rings (SSSR count). The number of nitrogens with zero attached hydrogens (tertiary/aromatic N) is 1. The Morgan fingerprint density at radius 3 is 2.28 bits per heavy atom. The highest BCUT2D eigenvalue weighted by Crippen LogP contribution is 2.37. The average molecular weight is 429 g/mol. The molecule has 32 heavy (non-hydrogen) atoms. The monoisotopic (exact) mass is 428 g/mol. The Balaban J connectivity index is 1.51. The van der Waals surface area contributed by atoms with E-state index in [4.69, 9.17) is 4.74 Å². The molecule has 4 heteroatoms. The number of carbonyl (C=O) groups excluding carboxylic acids is 1. The van der Waals surface area contributed by atoms with E-state index in [1.54, 1.807) is 0 Å². The molecule has 1 amide bonds. The van der Waals surface area contributed by atoms with Gasteiger partial charge in [0, 0.05) is 36.3 Å². The SMILES string of the molecule is Cc1cccc(Oc2cccc(NC(=O)[C@@H]3CN(C(C)(C)C)C[C@H]3c3ccccc3)c2)c1. The van der Waals surface area contributed by atoms with Crippen molar-refractivity contribution in [3.63, 3.8) is 0 Å². The van der Waals surface area contributed by atoms with Crippen LogP contribution in [0.3, 0.4) is 0 Å². The number of likely N-dealkylation sites (tertiary alicyclic amines) is 1. The topological polar surface area (TPSA) is 41.6 Å². The van der Waals surface area contributed by atoms with Crippen molar-refractivity contribution < 1.29 is 9.53 Å². The van der Waals surface area contributed by atoms with Crippen LogP contribution in [0.25, 0.3) is 0 Å². The highest BCUT2D eigenvalue weighted by Gasteiger charge is 2.41. The van der Waals surface area contributed by atoms with Crippen LogP contribution in [-0.2, 0) is 4.79 Å². The highest BCUT2D eigenvalue weighted by molar-refractivity contribution is 5.93. The molecule has 2 atom stereocenters. The number of hydrogen-bond donors (Lipinski definition) is 1. The number of nitrogens with one attached hydrogen (secondary N) is 1. The number of ether oxygens (including phenoxy) is 1. The molecule has 0 radical (unpaired) electrons. The summed E-state index contributed by atoms with van der Waals surface area (Å²) in [5.41, 5.74) is 3.13. The Kier molecular flexibility index (Phi) is 6.33. The lowest BCUT2D eigenvalue weighted by molar-refractivity contribution is -0.120. The van der Waals surface area contributed by atoms with Gasteiger partial charge in [-0.15, -0.1) is 0 Å². The Morgan fingerprint density at radius 1 is 0.906 bits per heavy atom. The molecule has 1 heterocycles. The summed E-state index contributed by atoms with van der Waals surface area (Å²) in [7, 11) is 0. The second-order valence-corrected chi connectivity index (χ2v) is 9.64. The molecular weight excluding hydrogens is 396 g/mol. The minimum absolute atomic E-state index is 0.0175. The van der Waals surface area contributed by atoms with Crippen LogP contribution in [0.4, 0.5) is 5.69 Å². The van der Waals surface area contributed by atoms with Crippen molar-refractivity contribution in [2.45, 2.75) is 39.2 Å². The third-order valence-corrected chi connectivity index (χ3v) is 6.16. The molecule has 0 bridgehead atoms. The predicted octanol–water partition coefficient (Wildman–Crippen LogP) is 6.24. The van der Waals surface area contributed by atoms with Crippen LogP contribution >= 0.6 is 0 Å². The van der Waals surface area contributed by atoms with E-state index in [2.05, 4.69) is 55.3 Å². The van der Waals surface area contributed by atoms with E-state index >= 15 is 0 Å². The van der Waals surface area contributed by atoms with E-state index in [0.29, 0.717) is 5.75 Å². The van der Waals surface area contributed by atoms with Gasteiger partial charge in [0.2, 0.25) is 5.91 Å². The van der Waals surface area contributed by atoms with Crippen molar-refractivity contribution in [2.75, 3.05) is 18.4 Å². The number of anilines is 1. The van der Waals surface area contributed by atoms with Gasteiger partial charge in [-0.2, -0.15) is 0 Å². The van der Waals surface area contributed by atoms with Crippen LogP contribution in [0.1, 0.15) is 37.8 Å². The molecule has 0 saturated carbocycles. The first-order chi connectivity index (χ1) is 15.3. The molecule has 1 saturated heterocycles. The maximum atomic E-state index is 13.4. The number of amides is 1. The first kappa shape index (κ1) is 22.1. The summed E-state index contributed by atoms with van der Waals surface area (Å²) in [5, 5.41) is 3.15. The number of aryl methyl sites for hydroxylation is 1. The Bertz CT molecular complexity index is 1070. The van der Waals surface area contributed by atoms with E-state index in [9.17, 15) is 4.79 Å². The van der Waals surface area contributed by atoms with E-state index in [-0.39, 0.29) is 23.3 Å². The Morgan fingerprint density at radius 2 is 1.59 bits per heavy atom. The summed E-state index contributed by atoms with van der Waals surface area (Å²) in [6.45, 7) is 10.3. The molecule has 1 aliphatic heterocycles. The largest absolute Gasteiger partial charge is 0.457 e. The van der Waals surface area contributed by atoms with Crippen molar-refractivity contribution in [3.8, 4) is 11.5 Å². The zero-order valence-electron chi connectivity index (χ0n) is 19.3. The Labute approximate surface area is 191 Å².